The molecule has 2 aromatic rings. The number of carbonyl (C=O) groups is 2. The average molecular weight is 393 g/mol. The highest BCUT2D eigenvalue weighted by molar-refractivity contribution is 7.91. The van der Waals surface area contributed by atoms with E-state index in [1.165, 1.54) is 11.3 Å². The van der Waals surface area contributed by atoms with Gasteiger partial charge in [0, 0.05) is 12.5 Å². The van der Waals surface area contributed by atoms with Crippen LogP contribution in [0.25, 0.3) is 0 Å². The Morgan fingerprint density at radius 3 is 2.54 bits per heavy atom. The van der Waals surface area contributed by atoms with Crippen LogP contribution in [-0.4, -0.2) is 43.8 Å². The molecule has 0 aliphatic carbocycles. The van der Waals surface area contributed by atoms with Crippen molar-refractivity contribution in [2.24, 2.45) is 0 Å². The third-order valence-corrected chi connectivity index (χ3v) is 6.86. The first kappa shape index (κ1) is 18.6. The van der Waals surface area contributed by atoms with E-state index in [4.69, 9.17) is 0 Å². The van der Waals surface area contributed by atoms with Crippen molar-refractivity contribution in [3.63, 3.8) is 0 Å². The van der Waals surface area contributed by atoms with Crippen molar-refractivity contribution >= 4 is 33.0 Å². The van der Waals surface area contributed by atoms with Gasteiger partial charge in [0.05, 0.1) is 16.4 Å². The van der Waals surface area contributed by atoms with E-state index < -0.39 is 21.9 Å². The van der Waals surface area contributed by atoms with E-state index in [-0.39, 0.29) is 23.3 Å². The molecule has 0 spiro atoms. The fraction of sp³-hybridized carbons (Fsp3) is 0.333. The summed E-state index contributed by atoms with van der Waals surface area (Å²) in [4.78, 5) is 25.6. The molecule has 1 aliphatic rings. The molecule has 1 aliphatic heterocycles. The first-order chi connectivity index (χ1) is 12.4. The first-order valence-electron chi connectivity index (χ1n) is 8.32. The van der Waals surface area contributed by atoms with Gasteiger partial charge in [-0.2, -0.15) is 0 Å². The molecule has 26 heavy (non-hydrogen) atoms. The summed E-state index contributed by atoms with van der Waals surface area (Å²) in [7, 11) is -3.08. The second-order valence-corrected chi connectivity index (χ2v) is 9.48. The number of hydrogen-bond donors (Lipinski definition) is 2. The Morgan fingerprint density at radius 1 is 1.15 bits per heavy atom. The van der Waals surface area contributed by atoms with E-state index >= 15 is 0 Å². The number of nitrogens with one attached hydrogen (secondary N) is 2. The summed E-state index contributed by atoms with van der Waals surface area (Å²) in [6, 6.07) is 11.7. The predicted octanol–water partition coefficient (Wildman–Crippen LogP) is 1.39. The quantitative estimate of drug-likeness (QED) is 0.777. The van der Waals surface area contributed by atoms with Gasteiger partial charge in [-0.05, 0) is 23.4 Å². The van der Waals surface area contributed by atoms with E-state index in [1.807, 2.05) is 30.3 Å². The maximum atomic E-state index is 12.7. The molecule has 2 unspecified atom stereocenters. The number of hydrogen-bond acceptors (Lipinski definition) is 5. The van der Waals surface area contributed by atoms with Crippen LogP contribution in [-0.2, 0) is 21.1 Å². The number of sulfone groups is 1. The van der Waals surface area contributed by atoms with E-state index in [0.717, 1.165) is 5.56 Å². The van der Waals surface area contributed by atoms with Crippen LogP contribution in [0, 0.1) is 0 Å². The third kappa shape index (κ3) is 4.92. The molecule has 2 amide bonds. The van der Waals surface area contributed by atoms with Gasteiger partial charge in [-0.3, -0.25) is 9.59 Å². The van der Waals surface area contributed by atoms with Crippen molar-refractivity contribution in [3.05, 3.63) is 58.3 Å². The van der Waals surface area contributed by atoms with E-state index in [1.54, 1.807) is 17.5 Å². The minimum absolute atomic E-state index is 0.0460. The Kier molecular flexibility index (Phi) is 5.73. The summed E-state index contributed by atoms with van der Waals surface area (Å²) < 4.78 is 23.2. The zero-order valence-electron chi connectivity index (χ0n) is 14.1. The number of rotatable bonds is 6. The lowest BCUT2D eigenvalue weighted by atomic mass is 10.0. The highest BCUT2D eigenvalue weighted by Gasteiger charge is 2.31. The maximum Gasteiger partial charge on any atom is 0.262 e. The van der Waals surface area contributed by atoms with Gasteiger partial charge in [0.1, 0.15) is 6.04 Å². The maximum absolute atomic E-state index is 12.7. The summed E-state index contributed by atoms with van der Waals surface area (Å²) in [5.41, 5.74) is 0.915. The number of benzene rings is 1. The van der Waals surface area contributed by atoms with Gasteiger partial charge in [0.25, 0.3) is 5.91 Å². The Labute approximate surface area is 156 Å². The zero-order valence-corrected chi connectivity index (χ0v) is 15.7. The summed E-state index contributed by atoms with van der Waals surface area (Å²) >= 11 is 1.30. The lowest BCUT2D eigenvalue weighted by Gasteiger charge is -2.20. The molecule has 1 saturated heterocycles. The molecule has 0 saturated carbocycles. The van der Waals surface area contributed by atoms with Crippen molar-refractivity contribution in [1.29, 1.82) is 0 Å². The second-order valence-electron chi connectivity index (χ2n) is 6.30. The Hall–Kier alpha value is -2.19. The monoisotopic (exact) mass is 392 g/mol. The Morgan fingerprint density at radius 2 is 1.92 bits per heavy atom. The van der Waals surface area contributed by atoms with Crippen LogP contribution in [0.4, 0.5) is 0 Å². The van der Waals surface area contributed by atoms with Gasteiger partial charge in [0.2, 0.25) is 5.91 Å². The van der Waals surface area contributed by atoms with Crippen molar-refractivity contribution in [3.8, 4) is 0 Å². The molecule has 8 heteroatoms. The summed E-state index contributed by atoms with van der Waals surface area (Å²) in [5.74, 6) is -0.630. The molecule has 6 nitrogen and oxygen atoms in total. The molecule has 1 aromatic carbocycles. The number of carbonyl (C=O) groups excluding carboxylic acids is 2. The van der Waals surface area contributed by atoms with Gasteiger partial charge in [-0.25, -0.2) is 8.42 Å². The summed E-state index contributed by atoms with van der Waals surface area (Å²) in [5, 5.41) is 7.34. The lowest BCUT2D eigenvalue weighted by Crippen LogP contribution is -2.50. The summed E-state index contributed by atoms with van der Waals surface area (Å²) in [6.07, 6.45) is 0.744. The second kappa shape index (κ2) is 8.01. The van der Waals surface area contributed by atoms with Crippen molar-refractivity contribution < 1.29 is 18.0 Å². The zero-order chi connectivity index (χ0) is 18.6. The smallest absolute Gasteiger partial charge is 0.262 e. The first-order valence-corrected chi connectivity index (χ1v) is 11.0. The summed E-state index contributed by atoms with van der Waals surface area (Å²) in [6.45, 7) is 0. The van der Waals surface area contributed by atoms with Gasteiger partial charge >= 0.3 is 0 Å². The minimum atomic E-state index is -3.08. The molecule has 3 rings (SSSR count). The third-order valence-electron chi connectivity index (χ3n) is 4.23. The van der Waals surface area contributed by atoms with Crippen molar-refractivity contribution in [2.45, 2.75) is 24.9 Å². The predicted molar refractivity (Wildman–Crippen MR) is 101 cm³/mol. The standard InChI is InChI=1S/C18H20N2O4S2/c21-17(19-14-8-10-26(23,24)12-14)15(11-13-5-2-1-3-6-13)20-18(22)16-7-4-9-25-16/h1-7,9,14-15H,8,10-12H2,(H,19,21)(H,20,22). The molecule has 138 valence electrons. The van der Waals surface area contributed by atoms with Gasteiger partial charge in [-0.15, -0.1) is 11.3 Å². The normalized spacial score (nSPS) is 19.6. The molecular formula is C18H20N2O4S2. The van der Waals surface area contributed by atoms with Crippen molar-refractivity contribution in [2.75, 3.05) is 11.5 Å². The van der Waals surface area contributed by atoms with Crippen LogP contribution in [0.3, 0.4) is 0 Å². The van der Waals surface area contributed by atoms with Crippen LogP contribution >= 0.6 is 11.3 Å². The van der Waals surface area contributed by atoms with Gasteiger partial charge < -0.3 is 10.6 Å². The van der Waals surface area contributed by atoms with E-state index in [2.05, 4.69) is 10.6 Å². The molecular weight excluding hydrogens is 372 g/mol. The number of amides is 2. The molecule has 0 bridgehead atoms. The Bertz CT molecular complexity index is 864. The minimum Gasteiger partial charge on any atom is -0.351 e. The van der Waals surface area contributed by atoms with Crippen LogP contribution in [0.2, 0.25) is 0 Å². The van der Waals surface area contributed by atoms with E-state index in [0.29, 0.717) is 17.7 Å². The van der Waals surface area contributed by atoms with Crippen molar-refractivity contribution in [1.82, 2.24) is 10.6 Å². The topological polar surface area (TPSA) is 92.3 Å². The molecule has 2 atom stereocenters. The highest BCUT2D eigenvalue weighted by atomic mass is 32.2. The SMILES string of the molecule is O=C(NC(Cc1ccccc1)C(=O)NC1CCS(=O)(=O)C1)c1cccs1. The largest absolute Gasteiger partial charge is 0.351 e. The van der Waals surface area contributed by atoms with Gasteiger partial charge in [-0.1, -0.05) is 36.4 Å². The number of thiophene rings is 1. The molecule has 2 N–H and O–H groups in total. The Balaban J connectivity index is 1.71. The molecule has 2 heterocycles. The molecule has 1 aromatic heterocycles. The highest BCUT2D eigenvalue weighted by Crippen LogP contribution is 2.13. The molecule has 0 radical (unpaired) electrons. The van der Waals surface area contributed by atoms with E-state index in [9.17, 15) is 18.0 Å². The van der Waals surface area contributed by atoms with Crippen LogP contribution in [0.5, 0.6) is 0 Å². The fourth-order valence-electron chi connectivity index (χ4n) is 2.91. The van der Waals surface area contributed by atoms with Crippen LogP contribution in [0.1, 0.15) is 21.7 Å². The van der Waals surface area contributed by atoms with Crippen LogP contribution in [0.15, 0.2) is 47.8 Å². The average Bonchev–Trinajstić information content (AvgIpc) is 3.25. The molecule has 1 fully saturated rings. The fourth-order valence-corrected chi connectivity index (χ4v) is 5.21. The lowest BCUT2D eigenvalue weighted by molar-refractivity contribution is -0.123. The van der Waals surface area contributed by atoms with Crippen LogP contribution < -0.4 is 10.6 Å². The van der Waals surface area contributed by atoms with Gasteiger partial charge in [0.15, 0.2) is 9.84 Å².